The quantitative estimate of drug-likeness (QED) is 0.133. The Hall–Kier alpha value is -5.23. The van der Waals surface area contributed by atoms with Crippen molar-refractivity contribution in [3.8, 4) is 17.2 Å². The van der Waals surface area contributed by atoms with E-state index in [2.05, 4.69) is 4.99 Å². The van der Waals surface area contributed by atoms with Gasteiger partial charge in [-0.3, -0.25) is 19.5 Å². The van der Waals surface area contributed by atoms with Crippen molar-refractivity contribution in [2.24, 2.45) is 4.99 Å². The second-order valence-corrected chi connectivity index (χ2v) is 10.9. The first-order chi connectivity index (χ1) is 21.7. The van der Waals surface area contributed by atoms with E-state index in [4.69, 9.17) is 18.9 Å². The summed E-state index contributed by atoms with van der Waals surface area (Å²) in [5.41, 5.74) is 2.23. The number of carbonyl (C=O) groups is 1. The molecule has 0 fully saturated rings. The Balaban J connectivity index is 1.54. The van der Waals surface area contributed by atoms with E-state index in [-0.39, 0.29) is 24.5 Å². The number of benzene rings is 3. The van der Waals surface area contributed by atoms with Gasteiger partial charge in [-0.2, -0.15) is 0 Å². The SMILES string of the molecule is CCOC(=O)C1=C(C)N=c2s/c(=C\c3ccc(OCc4ccccc4[N+](=O)[O-])c(OCC)c3)c(=O)n2[C@@H]1c1ccc(OC)cc1. The Labute approximate surface area is 262 Å². The zero-order valence-electron chi connectivity index (χ0n) is 25.1. The van der Waals surface area contributed by atoms with Gasteiger partial charge in [0.2, 0.25) is 0 Å². The van der Waals surface area contributed by atoms with Gasteiger partial charge >= 0.3 is 5.97 Å². The lowest BCUT2D eigenvalue weighted by Crippen LogP contribution is -2.39. The summed E-state index contributed by atoms with van der Waals surface area (Å²) in [6, 6.07) is 18.0. The zero-order valence-corrected chi connectivity index (χ0v) is 26.0. The molecule has 2 heterocycles. The summed E-state index contributed by atoms with van der Waals surface area (Å²) in [5.74, 6) is 0.938. The van der Waals surface area contributed by atoms with Crippen LogP contribution in [-0.2, 0) is 16.1 Å². The molecule has 0 saturated carbocycles. The molecule has 0 amide bonds. The molecule has 1 aromatic heterocycles. The molecule has 1 aliphatic heterocycles. The predicted molar refractivity (Wildman–Crippen MR) is 168 cm³/mol. The number of para-hydroxylation sites is 1. The Morgan fingerprint density at radius 1 is 1.04 bits per heavy atom. The Kier molecular flexibility index (Phi) is 9.43. The molecule has 11 nitrogen and oxygen atoms in total. The number of fused-ring (bicyclic) bond motifs is 1. The number of aromatic nitrogens is 1. The first kappa shape index (κ1) is 31.2. The number of carbonyl (C=O) groups excluding carboxylic acids is 1. The predicted octanol–water partition coefficient (Wildman–Crippen LogP) is 4.69. The second kappa shape index (κ2) is 13.6. The third kappa shape index (κ3) is 6.50. The first-order valence-electron chi connectivity index (χ1n) is 14.2. The van der Waals surface area contributed by atoms with Crippen molar-refractivity contribution in [3.63, 3.8) is 0 Å². The summed E-state index contributed by atoms with van der Waals surface area (Å²) in [7, 11) is 1.57. The maximum Gasteiger partial charge on any atom is 0.338 e. The minimum Gasteiger partial charge on any atom is -0.497 e. The lowest BCUT2D eigenvalue weighted by molar-refractivity contribution is -0.385. The molecule has 0 bridgehead atoms. The molecule has 45 heavy (non-hydrogen) atoms. The van der Waals surface area contributed by atoms with Gasteiger partial charge in [-0.1, -0.05) is 41.7 Å². The van der Waals surface area contributed by atoms with Gasteiger partial charge in [-0.15, -0.1) is 0 Å². The molecular formula is C33H31N3O8S. The number of hydrogen-bond acceptors (Lipinski definition) is 10. The van der Waals surface area contributed by atoms with Gasteiger partial charge in [-0.05, 0) is 68.3 Å². The Morgan fingerprint density at radius 2 is 1.80 bits per heavy atom. The van der Waals surface area contributed by atoms with E-state index in [0.29, 0.717) is 61.1 Å². The number of methoxy groups -OCH3 is 1. The molecule has 1 atom stereocenters. The number of thiazole rings is 1. The lowest BCUT2D eigenvalue weighted by atomic mass is 9.96. The Morgan fingerprint density at radius 3 is 2.49 bits per heavy atom. The number of allylic oxidation sites excluding steroid dienone is 1. The van der Waals surface area contributed by atoms with E-state index in [1.165, 1.54) is 22.0 Å². The molecular weight excluding hydrogens is 598 g/mol. The van der Waals surface area contributed by atoms with Crippen LogP contribution in [0.25, 0.3) is 6.08 Å². The van der Waals surface area contributed by atoms with Crippen LogP contribution in [0.4, 0.5) is 5.69 Å². The van der Waals surface area contributed by atoms with E-state index >= 15 is 0 Å². The molecule has 3 aromatic carbocycles. The van der Waals surface area contributed by atoms with Crippen LogP contribution in [0.3, 0.4) is 0 Å². The molecule has 5 rings (SSSR count). The van der Waals surface area contributed by atoms with Crippen molar-refractivity contribution >= 4 is 29.1 Å². The minimum absolute atomic E-state index is 0.0251. The van der Waals surface area contributed by atoms with Crippen molar-refractivity contribution in [3.05, 3.63) is 124 Å². The largest absolute Gasteiger partial charge is 0.497 e. The molecule has 12 heteroatoms. The van der Waals surface area contributed by atoms with Crippen LogP contribution in [0.15, 0.2) is 87.8 Å². The molecule has 232 valence electrons. The lowest BCUT2D eigenvalue weighted by Gasteiger charge is -2.24. The molecule has 0 N–H and O–H groups in total. The molecule has 0 unspecified atom stereocenters. The molecule has 0 saturated heterocycles. The average Bonchev–Trinajstić information content (AvgIpc) is 3.34. The third-order valence-electron chi connectivity index (χ3n) is 7.09. The highest BCUT2D eigenvalue weighted by Gasteiger charge is 2.33. The summed E-state index contributed by atoms with van der Waals surface area (Å²) in [6.45, 7) is 5.80. The number of ether oxygens (including phenoxy) is 4. The van der Waals surface area contributed by atoms with Gasteiger partial charge < -0.3 is 18.9 Å². The molecule has 0 radical (unpaired) electrons. The van der Waals surface area contributed by atoms with Gasteiger partial charge in [0, 0.05) is 6.07 Å². The Bertz CT molecular complexity index is 1960. The maximum absolute atomic E-state index is 14.0. The van der Waals surface area contributed by atoms with E-state index in [1.807, 2.05) is 19.1 Å². The topological polar surface area (TPSA) is 131 Å². The van der Waals surface area contributed by atoms with Crippen molar-refractivity contribution in [1.29, 1.82) is 0 Å². The summed E-state index contributed by atoms with van der Waals surface area (Å²) in [5, 5.41) is 11.4. The summed E-state index contributed by atoms with van der Waals surface area (Å²) in [6.07, 6.45) is 1.73. The van der Waals surface area contributed by atoms with Crippen LogP contribution in [0.2, 0.25) is 0 Å². The van der Waals surface area contributed by atoms with E-state index < -0.39 is 16.9 Å². The summed E-state index contributed by atoms with van der Waals surface area (Å²) in [4.78, 5) is 43.1. The van der Waals surface area contributed by atoms with Crippen molar-refractivity contribution in [2.75, 3.05) is 20.3 Å². The third-order valence-corrected chi connectivity index (χ3v) is 8.07. The van der Waals surface area contributed by atoms with Crippen molar-refractivity contribution < 1.29 is 28.7 Å². The summed E-state index contributed by atoms with van der Waals surface area (Å²) >= 11 is 1.21. The fourth-order valence-electron chi connectivity index (χ4n) is 5.01. The highest BCUT2D eigenvalue weighted by Crippen LogP contribution is 2.33. The minimum atomic E-state index is -0.745. The van der Waals surface area contributed by atoms with E-state index in [0.717, 1.165) is 0 Å². The molecule has 0 spiro atoms. The fraction of sp³-hybridized carbons (Fsp3) is 0.242. The van der Waals surface area contributed by atoms with Crippen molar-refractivity contribution in [2.45, 2.75) is 33.4 Å². The number of nitro benzene ring substituents is 1. The number of rotatable bonds is 11. The van der Waals surface area contributed by atoms with Gasteiger partial charge in [-0.25, -0.2) is 9.79 Å². The number of nitrogens with zero attached hydrogens (tertiary/aromatic N) is 3. The monoisotopic (exact) mass is 629 g/mol. The van der Waals surface area contributed by atoms with Crippen molar-refractivity contribution in [1.82, 2.24) is 4.57 Å². The van der Waals surface area contributed by atoms with Gasteiger partial charge in [0.15, 0.2) is 16.3 Å². The van der Waals surface area contributed by atoms with Crippen LogP contribution in [0, 0.1) is 10.1 Å². The van der Waals surface area contributed by atoms with Crippen LogP contribution < -0.4 is 29.1 Å². The van der Waals surface area contributed by atoms with Crippen LogP contribution in [-0.4, -0.2) is 35.8 Å². The molecule has 0 aliphatic carbocycles. The number of hydrogen-bond donors (Lipinski definition) is 0. The van der Waals surface area contributed by atoms with Crippen LogP contribution in [0.5, 0.6) is 17.2 Å². The molecule has 1 aliphatic rings. The summed E-state index contributed by atoms with van der Waals surface area (Å²) < 4.78 is 24.3. The first-order valence-corrected chi connectivity index (χ1v) is 15.0. The van der Waals surface area contributed by atoms with E-state index in [9.17, 15) is 19.7 Å². The van der Waals surface area contributed by atoms with Gasteiger partial charge in [0.1, 0.15) is 12.4 Å². The van der Waals surface area contributed by atoms with Gasteiger partial charge in [0.05, 0.1) is 52.7 Å². The smallest absolute Gasteiger partial charge is 0.338 e. The normalized spacial score (nSPS) is 14.4. The maximum atomic E-state index is 14.0. The zero-order chi connectivity index (χ0) is 32.1. The van der Waals surface area contributed by atoms with E-state index in [1.54, 1.807) is 75.6 Å². The van der Waals surface area contributed by atoms with Gasteiger partial charge in [0.25, 0.3) is 11.2 Å². The standard InChI is InChI=1S/C33H31N3O8S/c1-5-42-27-17-21(11-16-26(27)44-19-23-9-7-8-10-25(23)36(39)40)18-28-31(37)35-30(22-12-14-24(41-4)15-13-22)29(32(38)43-6-2)20(3)34-33(35)45-28/h7-18,30H,5-6,19H2,1-4H3/b28-18-/t30-/m1/s1. The fourth-order valence-corrected chi connectivity index (χ4v) is 6.06. The highest BCUT2D eigenvalue weighted by atomic mass is 32.1. The average molecular weight is 630 g/mol. The second-order valence-electron chi connectivity index (χ2n) is 9.89. The number of esters is 1. The van der Waals surface area contributed by atoms with Crippen LogP contribution in [0.1, 0.15) is 43.5 Å². The number of nitro groups is 1. The highest BCUT2D eigenvalue weighted by molar-refractivity contribution is 7.07. The van der Waals surface area contributed by atoms with Crippen LogP contribution >= 0.6 is 11.3 Å². The molecule has 4 aromatic rings.